The minimum atomic E-state index is -1.20. The smallest absolute Gasteiger partial charge is 0.108 e. The number of carbonyl (C=O) groups is 1. The van der Waals surface area contributed by atoms with Gasteiger partial charge >= 0.3 is 0 Å². The highest BCUT2D eigenvalue weighted by Gasteiger charge is 2.14. The highest BCUT2D eigenvalue weighted by Crippen LogP contribution is 1.97. The van der Waals surface area contributed by atoms with Gasteiger partial charge in [-0.3, -0.25) is 0 Å². The van der Waals surface area contributed by atoms with Crippen molar-refractivity contribution in [2.45, 2.75) is 45.1 Å². The number of carboxylic acids is 1. The highest BCUT2D eigenvalue weighted by molar-refractivity contribution is 5.64. The molecule has 0 aliphatic rings. The molecule has 0 unspecified atom stereocenters. The Morgan fingerprint density at radius 3 is 2.11 bits per heavy atom. The third-order valence-electron chi connectivity index (χ3n) is 2.17. The monoisotopic (exact) mass is 263 g/mol. The van der Waals surface area contributed by atoms with E-state index in [4.69, 9.17) is 10.2 Å². The molecule has 18 heavy (non-hydrogen) atoms. The van der Waals surface area contributed by atoms with Gasteiger partial charge < -0.3 is 24.6 Å². The summed E-state index contributed by atoms with van der Waals surface area (Å²) in [6.45, 7) is 2.95. The topological polar surface area (TPSA) is 80.6 Å². The first-order valence-electron chi connectivity index (χ1n) is 6.52. The number of likely N-dealkylation sites (N-methyl/N-ethyl adjacent to an activating group) is 1. The molecule has 0 aliphatic heterocycles. The van der Waals surface area contributed by atoms with E-state index < -0.39 is 12.1 Å². The van der Waals surface area contributed by atoms with E-state index in [0.29, 0.717) is 17.6 Å². The Labute approximate surface area is 111 Å². The van der Waals surface area contributed by atoms with E-state index in [9.17, 15) is 9.90 Å². The van der Waals surface area contributed by atoms with Crippen LogP contribution < -0.4 is 5.11 Å². The number of aliphatic carboxylic acids is 1. The molecule has 0 spiro atoms. The van der Waals surface area contributed by atoms with Crippen LogP contribution in [0.3, 0.4) is 0 Å². The number of hydrogen-bond donors (Lipinski definition) is 2. The van der Waals surface area contributed by atoms with Crippen molar-refractivity contribution >= 4 is 5.97 Å². The van der Waals surface area contributed by atoms with Crippen molar-refractivity contribution in [3.63, 3.8) is 0 Å². The van der Waals surface area contributed by atoms with E-state index in [-0.39, 0.29) is 6.42 Å². The molecule has 0 heterocycles. The summed E-state index contributed by atoms with van der Waals surface area (Å²) >= 11 is 0. The van der Waals surface area contributed by atoms with Gasteiger partial charge in [0.25, 0.3) is 0 Å². The Hall–Kier alpha value is -0.650. The number of unbranched alkanes of at least 4 members (excludes halogenated alkanes) is 3. The molecule has 0 radical (unpaired) electrons. The summed E-state index contributed by atoms with van der Waals surface area (Å²) in [5.41, 5.74) is 0. The maximum absolute atomic E-state index is 10.0. The highest BCUT2D eigenvalue weighted by atomic mass is 16.4. The zero-order valence-electron chi connectivity index (χ0n) is 12.2. The van der Waals surface area contributed by atoms with Crippen molar-refractivity contribution in [1.29, 1.82) is 0 Å². The number of carboxylic acid groups (broad SMARTS) is 1. The Bertz CT molecular complexity index is 198. The van der Waals surface area contributed by atoms with E-state index in [1.807, 2.05) is 21.1 Å². The Balaban J connectivity index is 0. The normalized spacial score (nSPS) is 12.6. The van der Waals surface area contributed by atoms with Crippen molar-refractivity contribution < 1.29 is 24.6 Å². The molecule has 0 saturated carbocycles. The zero-order chi connectivity index (χ0) is 14.6. The van der Waals surface area contributed by atoms with Crippen LogP contribution in [0.25, 0.3) is 0 Å². The second-order valence-corrected chi connectivity index (χ2v) is 5.49. The van der Waals surface area contributed by atoms with Gasteiger partial charge in [0.05, 0.1) is 21.1 Å². The SMILES string of the molecule is CCCCCCO.C[N+](C)(C)C[C@H](O)CC(=O)[O-]. The molecule has 5 heteroatoms. The molecule has 0 amide bonds. The van der Waals surface area contributed by atoms with Crippen LogP contribution in [0.1, 0.15) is 39.0 Å². The van der Waals surface area contributed by atoms with Crippen LogP contribution >= 0.6 is 0 Å². The summed E-state index contributed by atoms with van der Waals surface area (Å²) < 4.78 is 0.550. The molecule has 1 atom stereocenters. The van der Waals surface area contributed by atoms with Gasteiger partial charge in [0.1, 0.15) is 12.6 Å². The molecule has 0 saturated heterocycles. The van der Waals surface area contributed by atoms with Gasteiger partial charge in [-0.15, -0.1) is 0 Å². The lowest BCUT2D eigenvalue weighted by Crippen LogP contribution is -2.43. The Morgan fingerprint density at radius 2 is 1.78 bits per heavy atom. The average molecular weight is 263 g/mol. The average Bonchev–Trinajstić information content (AvgIpc) is 2.15. The summed E-state index contributed by atoms with van der Waals surface area (Å²) in [6, 6.07) is 0. The van der Waals surface area contributed by atoms with Gasteiger partial charge in [0, 0.05) is 19.0 Å². The third kappa shape index (κ3) is 20.7. The van der Waals surface area contributed by atoms with Crippen molar-refractivity contribution in [3.8, 4) is 0 Å². The van der Waals surface area contributed by atoms with Crippen molar-refractivity contribution in [2.24, 2.45) is 0 Å². The van der Waals surface area contributed by atoms with Gasteiger partial charge in [-0.25, -0.2) is 0 Å². The maximum atomic E-state index is 10.0. The van der Waals surface area contributed by atoms with E-state index in [2.05, 4.69) is 6.92 Å². The first-order valence-corrected chi connectivity index (χ1v) is 6.52. The van der Waals surface area contributed by atoms with E-state index in [1.54, 1.807) is 0 Å². The fourth-order valence-corrected chi connectivity index (χ4v) is 1.43. The number of aliphatic hydroxyl groups excluding tert-OH is 2. The molecular formula is C13H29NO4. The van der Waals surface area contributed by atoms with E-state index in [1.165, 1.54) is 19.3 Å². The molecule has 0 fully saturated rings. The van der Waals surface area contributed by atoms with Gasteiger partial charge in [-0.2, -0.15) is 0 Å². The van der Waals surface area contributed by atoms with Crippen LogP contribution in [0.2, 0.25) is 0 Å². The summed E-state index contributed by atoms with van der Waals surface area (Å²) in [6.07, 6.45) is 3.59. The first-order chi connectivity index (χ1) is 8.22. The summed E-state index contributed by atoms with van der Waals surface area (Å²) in [5.74, 6) is -1.20. The Kier molecular flexibility index (Phi) is 12.5. The summed E-state index contributed by atoms with van der Waals surface area (Å²) in [4.78, 5) is 10.0. The fourth-order valence-electron chi connectivity index (χ4n) is 1.43. The number of aliphatic hydroxyl groups is 2. The van der Waals surface area contributed by atoms with Crippen molar-refractivity contribution in [2.75, 3.05) is 34.3 Å². The minimum absolute atomic E-state index is 0.282. The molecule has 110 valence electrons. The van der Waals surface area contributed by atoms with E-state index in [0.717, 1.165) is 6.42 Å². The number of carbonyl (C=O) groups excluding carboxylic acids is 1. The van der Waals surface area contributed by atoms with Gasteiger partial charge in [-0.1, -0.05) is 26.2 Å². The summed E-state index contributed by atoms with van der Waals surface area (Å²) in [5, 5.41) is 27.4. The van der Waals surface area contributed by atoms with Crippen LogP contribution in [0.15, 0.2) is 0 Å². The predicted octanol–water partition coefficient (Wildman–Crippen LogP) is -0.247. The van der Waals surface area contributed by atoms with Crippen molar-refractivity contribution in [3.05, 3.63) is 0 Å². The second-order valence-electron chi connectivity index (χ2n) is 5.49. The van der Waals surface area contributed by atoms with Crippen LogP contribution in [0, 0.1) is 0 Å². The standard InChI is InChI=1S/C7H15NO3.C6H14O/c1-8(2,3)5-6(9)4-7(10)11;1-2-3-4-5-6-7/h6,9H,4-5H2,1-3H3;7H,2-6H2,1H3/t6-;/m1./s1. The lowest BCUT2D eigenvalue weighted by molar-refractivity contribution is -0.873. The minimum Gasteiger partial charge on any atom is -0.550 e. The molecule has 0 bridgehead atoms. The number of rotatable bonds is 8. The summed E-state index contributed by atoms with van der Waals surface area (Å²) in [7, 11) is 5.66. The molecular weight excluding hydrogens is 234 g/mol. The molecule has 2 N–H and O–H groups in total. The van der Waals surface area contributed by atoms with Crippen LogP contribution in [0.5, 0.6) is 0 Å². The largest absolute Gasteiger partial charge is 0.550 e. The second kappa shape index (κ2) is 11.4. The van der Waals surface area contributed by atoms with Crippen molar-refractivity contribution in [1.82, 2.24) is 0 Å². The van der Waals surface area contributed by atoms with Gasteiger partial charge in [0.2, 0.25) is 0 Å². The number of quaternary nitrogens is 1. The lowest BCUT2D eigenvalue weighted by Gasteiger charge is -2.26. The van der Waals surface area contributed by atoms with Gasteiger partial charge in [-0.05, 0) is 6.42 Å². The molecule has 0 aliphatic carbocycles. The number of hydrogen-bond acceptors (Lipinski definition) is 4. The van der Waals surface area contributed by atoms with Crippen LogP contribution in [-0.4, -0.2) is 61.1 Å². The first kappa shape index (κ1) is 19.7. The molecule has 0 aromatic rings. The molecule has 0 aromatic carbocycles. The molecule has 5 nitrogen and oxygen atoms in total. The maximum Gasteiger partial charge on any atom is 0.108 e. The quantitative estimate of drug-likeness (QED) is 0.467. The predicted molar refractivity (Wildman–Crippen MR) is 69.8 cm³/mol. The van der Waals surface area contributed by atoms with Gasteiger partial charge in [0.15, 0.2) is 0 Å². The lowest BCUT2D eigenvalue weighted by atomic mass is 10.2. The van der Waals surface area contributed by atoms with E-state index >= 15 is 0 Å². The molecule has 0 aromatic heterocycles. The zero-order valence-corrected chi connectivity index (χ0v) is 12.2. The third-order valence-corrected chi connectivity index (χ3v) is 2.17. The Morgan fingerprint density at radius 1 is 1.22 bits per heavy atom. The van der Waals surface area contributed by atoms with Crippen LogP contribution in [-0.2, 0) is 4.79 Å². The molecule has 0 rings (SSSR count). The fraction of sp³-hybridized carbons (Fsp3) is 0.923. The van der Waals surface area contributed by atoms with Crippen LogP contribution in [0.4, 0.5) is 0 Å². The number of nitrogens with zero attached hydrogens (tertiary/aromatic N) is 1.